The van der Waals surface area contributed by atoms with Crippen LogP contribution in [0.25, 0.3) is 0 Å². The highest BCUT2D eigenvalue weighted by Gasteiger charge is 2.05. The normalized spacial score (nSPS) is 12.4. The Balaban J connectivity index is 0.00000242. The van der Waals surface area contributed by atoms with Crippen LogP contribution >= 0.6 is 35.3 Å². The molecule has 2 N–H and O–H groups in total. The van der Waals surface area contributed by atoms with Crippen LogP contribution in [0.2, 0.25) is 0 Å². The summed E-state index contributed by atoms with van der Waals surface area (Å²) in [4.78, 5) is 4.25. The van der Waals surface area contributed by atoms with Crippen LogP contribution in [0.1, 0.15) is 30.4 Å². The van der Waals surface area contributed by atoms with Crippen LogP contribution in [0.4, 0.5) is 0 Å². The lowest BCUT2D eigenvalue weighted by Gasteiger charge is -2.15. The second kappa shape index (κ2) is 10.6. The number of benzene rings is 1. The van der Waals surface area contributed by atoms with Crippen molar-refractivity contribution in [2.45, 2.75) is 25.8 Å². The molecule has 0 saturated carbocycles. The maximum Gasteiger partial charge on any atom is 0.191 e. The number of nitrogens with one attached hydrogen (secondary N) is 2. The van der Waals surface area contributed by atoms with E-state index < -0.39 is 0 Å². The Morgan fingerprint density at radius 2 is 1.95 bits per heavy atom. The lowest BCUT2D eigenvalue weighted by Crippen LogP contribution is -2.37. The zero-order valence-electron chi connectivity index (χ0n) is 13.1. The molecule has 0 bridgehead atoms. The molecule has 22 heavy (non-hydrogen) atoms. The lowest BCUT2D eigenvalue weighted by atomic mass is 9.98. The molecule has 0 spiro atoms. The van der Waals surface area contributed by atoms with E-state index in [4.69, 9.17) is 0 Å². The molecule has 0 aliphatic rings. The molecule has 0 fully saturated rings. The summed E-state index contributed by atoms with van der Waals surface area (Å²) in [6.45, 7) is 4.00. The number of hydrogen-bond acceptors (Lipinski definition) is 2. The topological polar surface area (TPSA) is 36.4 Å². The molecule has 1 heterocycles. The van der Waals surface area contributed by atoms with Gasteiger partial charge in [-0.3, -0.25) is 4.99 Å². The Morgan fingerprint density at radius 3 is 2.59 bits per heavy atom. The van der Waals surface area contributed by atoms with Gasteiger partial charge in [0.25, 0.3) is 0 Å². The number of thiophene rings is 1. The molecular weight excluding hydrogens is 405 g/mol. The molecule has 0 aliphatic heterocycles. The Labute approximate surface area is 154 Å². The second-order valence-electron chi connectivity index (χ2n) is 5.08. The summed E-state index contributed by atoms with van der Waals surface area (Å²) in [5.74, 6) is 1.41. The van der Waals surface area contributed by atoms with Crippen LogP contribution in [0, 0.1) is 0 Å². The van der Waals surface area contributed by atoms with Gasteiger partial charge in [-0.2, -0.15) is 11.3 Å². The minimum Gasteiger partial charge on any atom is -0.356 e. The van der Waals surface area contributed by atoms with Gasteiger partial charge < -0.3 is 10.6 Å². The number of hydrogen-bond donors (Lipinski definition) is 2. The molecule has 2 rings (SSSR count). The Morgan fingerprint density at radius 1 is 1.18 bits per heavy atom. The Hall–Kier alpha value is -1.08. The summed E-state index contributed by atoms with van der Waals surface area (Å²) in [5, 5.41) is 10.9. The highest BCUT2D eigenvalue weighted by atomic mass is 127. The molecule has 0 radical (unpaired) electrons. The van der Waals surface area contributed by atoms with Gasteiger partial charge in [-0.15, -0.1) is 24.0 Å². The first-order valence-electron chi connectivity index (χ1n) is 7.30. The van der Waals surface area contributed by atoms with Gasteiger partial charge in [0.05, 0.1) is 0 Å². The molecule has 1 aromatic heterocycles. The van der Waals surface area contributed by atoms with Crippen LogP contribution < -0.4 is 10.6 Å². The van der Waals surface area contributed by atoms with Crippen LogP contribution in [0.15, 0.2) is 52.2 Å². The molecule has 1 atom stereocenters. The maximum absolute atomic E-state index is 4.25. The van der Waals surface area contributed by atoms with Crippen molar-refractivity contribution in [2.75, 3.05) is 13.6 Å². The maximum atomic E-state index is 4.25. The van der Waals surface area contributed by atoms with Gasteiger partial charge in [0, 0.05) is 20.1 Å². The minimum absolute atomic E-state index is 0. The van der Waals surface area contributed by atoms with Gasteiger partial charge in [-0.05, 0) is 40.3 Å². The number of halogens is 1. The van der Waals surface area contributed by atoms with E-state index in [0.717, 1.165) is 25.5 Å². The average molecular weight is 429 g/mol. The summed E-state index contributed by atoms with van der Waals surface area (Å²) < 4.78 is 0. The molecular formula is C17H24IN3S. The van der Waals surface area contributed by atoms with E-state index in [1.54, 1.807) is 11.3 Å². The van der Waals surface area contributed by atoms with Crippen LogP contribution in [0.5, 0.6) is 0 Å². The summed E-state index contributed by atoms with van der Waals surface area (Å²) in [5.41, 5.74) is 2.68. The van der Waals surface area contributed by atoms with Crippen LogP contribution in [0.3, 0.4) is 0 Å². The minimum atomic E-state index is 0. The second-order valence-corrected chi connectivity index (χ2v) is 5.86. The number of guanidine groups is 1. The van der Waals surface area contributed by atoms with E-state index in [9.17, 15) is 0 Å². The molecule has 5 heteroatoms. The largest absolute Gasteiger partial charge is 0.356 e. The van der Waals surface area contributed by atoms with Crippen molar-refractivity contribution in [1.29, 1.82) is 0 Å². The zero-order chi connectivity index (χ0) is 14.9. The van der Waals surface area contributed by atoms with Crippen molar-refractivity contribution in [3.63, 3.8) is 0 Å². The summed E-state index contributed by atoms with van der Waals surface area (Å²) in [6, 6.07) is 12.8. The SMILES string of the molecule is CN=C(NCCC(C)c1ccccc1)NCc1ccsc1.I. The fourth-order valence-electron chi connectivity index (χ4n) is 2.15. The number of aliphatic imine (C=N–C) groups is 1. The van der Waals surface area contributed by atoms with Gasteiger partial charge in [0.1, 0.15) is 0 Å². The van der Waals surface area contributed by atoms with Crippen molar-refractivity contribution in [2.24, 2.45) is 4.99 Å². The smallest absolute Gasteiger partial charge is 0.191 e. The molecule has 0 saturated heterocycles. The highest BCUT2D eigenvalue weighted by molar-refractivity contribution is 14.0. The monoisotopic (exact) mass is 429 g/mol. The molecule has 0 aliphatic carbocycles. The van der Waals surface area contributed by atoms with E-state index in [2.05, 4.69) is 69.7 Å². The third kappa shape index (κ3) is 6.36. The van der Waals surface area contributed by atoms with Gasteiger partial charge >= 0.3 is 0 Å². The van der Waals surface area contributed by atoms with E-state index in [1.807, 2.05) is 7.05 Å². The van der Waals surface area contributed by atoms with Crippen molar-refractivity contribution in [3.8, 4) is 0 Å². The number of rotatable bonds is 6. The first kappa shape index (κ1) is 19.0. The zero-order valence-corrected chi connectivity index (χ0v) is 16.2. The predicted octanol–water partition coefficient (Wildman–Crippen LogP) is 4.22. The van der Waals surface area contributed by atoms with Crippen molar-refractivity contribution in [1.82, 2.24) is 10.6 Å². The van der Waals surface area contributed by atoms with Crippen LogP contribution in [-0.4, -0.2) is 19.6 Å². The summed E-state index contributed by atoms with van der Waals surface area (Å²) >= 11 is 1.72. The van der Waals surface area contributed by atoms with E-state index >= 15 is 0 Å². The lowest BCUT2D eigenvalue weighted by molar-refractivity contribution is 0.652. The molecule has 120 valence electrons. The molecule has 1 aromatic carbocycles. The van der Waals surface area contributed by atoms with Crippen molar-refractivity contribution in [3.05, 3.63) is 58.3 Å². The van der Waals surface area contributed by atoms with Gasteiger partial charge in [0.2, 0.25) is 0 Å². The van der Waals surface area contributed by atoms with E-state index in [-0.39, 0.29) is 24.0 Å². The van der Waals surface area contributed by atoms with Gasteiger partial charge in [0.15, 0.2) is 5.96 Å². The molecule has 2 aromatic rings. The first-order chi connectivity index (χ1) is 10.3. The standard InChI is InChI=1S/C17H23N3S.HI/c1-14(16-6-4-3-5-7-16)8-10-19-17(18-2)20-12-15-9-11-21-13-15;/h3-7,9,11,13-14H,8,10,12H2,1-2H3,(H2,18,19,20);1H. The Bertz CT molecular complexity index is 540. The van der Waals surface area contributed by atoms with Crippen molar-refractivity contribution < 1.29 is 0 Å². The average Bonchev–Trinajstić information content (AvgIpc) is 3.04. The van der Waals surface area contributed by atoms with E-state index in [0.29, 0.717) is 5.92 Å². The third-order valence-electron chi connectivity index (χ3n) is 3.50. The third-order valence-corrected chi connectivity index (χ3v) is 4.23. The van der Waals surface area contributed by atoms with Crippen molar-refractivity contribution >= 4 is 41.3 Å². The van der Waals surface area contributed by atoms with Crippen LogP contribution in [-0.2, 0) is 6.54 Å². The predicted molar refractivity (Wildman–Crippen MR) is 107 cm³/mol. The number of nitrogens with zero attached hydrogens (tertiary/aromatic N) is 1. The summed E-state index contributed by atoms with van der Waals surface area (Å²) in [7, 11) is 1.81. The molecule has 3 nitrogen and oxygen atoms in total. The van der Waals surface area contributed by atoms with Gasteiger partial charge in [-0.25, -0.2) is 0 Å². The fourth-order valence-corrected chi connectivity index (χ4v) is 2.82. The molecule has 0 amide bonds. The van der Waals surface area contributed by atoms with E-state index in [1.165, 1.54) is 11.1 Å². The highest BCUT2D eigenvalue weighted by Crippen LogP contribution is 2.17. The Kier molecular flexibility index (Phi) is 9.15. The first-order valence-corrected chi connectivity index (χ1v) is 8.24. The summed E-state index contributed by atoms with van der Waals surface area (Å²) in [6.07, 6.45) is 1.09. The fraction of sp³-hybridized carbons (Fsp3) is 0.353. The molecule has 1 unspecified atom stereocenters. The quantitative estimate of drug-likeness (QED) is 0.410. The van der Waals surface area contributed by atoms with Gasteiger partial charge in [-0.1, -0.05) is 37.3 Å².